The molecule has 162 valence electrons. The Bertz CT molecular complexity index is 1010. The van der Waals surface area contributed by atoms with Gasteiger partial charge in [-0.15, -0.1) is 6.42 Å². The van der Waals surface area contributed by atoms with Crippen LogP contribution >= 0.6 is 0 Å². The largest absolute Gasteiger partial charge is 0.489 e. The number of rotatable bonds is 8. The summed E-state index contributed by atoms with van der Waals surface area (Å²) in [6, 6.07) is 5.02. The minimum atomic E-state index is -1.18. The molecule has 0 fully saturated rings. The van der Waals surface area contributed by atoms with Gasteiger partial charge in [-0.1, -0.05) is 40.0 Å². The van der Waals surface area contributed by atoms with Crippen LogP contribution in [0.3, 0.4) is 0 Å². The molecule has 7 nitrogen and oxygen atoms in total. The first-order valence-corrected chi connectivity index (χ1v) is 9.97. The summed E-state index contributed by atoms with van der Waals surface area (Å²) in [4.78, 5) is 26.3. The lowest BCUT2D eigenvalue weighted by atomic mass is 9.96. The Labute approximate surface area is 177 Å². The summed E-state index contributed by atoms with van der Waals surface area (Å²) in [6.45, 7) is 8.82. The van der Waals surface area contributed by atoms with Crippen LogP contribution in [0.4, 0.5) is 10.6 Å². The van der Waals surface area contributed by atoms with E-state index in [9.17, 15) is 14.7 Å². The highest BCUT2D eigenvalue weighted by atomic mass is 16.5. The van der Waals surface area contributed by atoms with Gasteiger partial charge in [0.15, 0.2) is 11.6 Å². The maximum Gasteiger partial charge on any atom is 0.412 e. The first-order valence-electron chi connectivity index (χ1n) is 9.97. The molecule has 1 N–H and O–H groups in total. The van der Waals surface area contributed by atoms with Crippen molar-refractivity contribution in [2.75, 3.05) is 25.2 Å². The molecule has 0 saturated carbocycles. The Balaban J connectivity index is 2.87. The first kappa shape index (κ1) is 23.1. The smallest absolute Gasteiger partial charge is 0.412 e. The Hall–Kier alpha value is -3.14. The van der Waals surface area contributed by atoms with Gasteiger partial charge in [0.2, 0.25) is 0 Å². The maximum absolute atomic E-state index is 13.4. The summed E-state index contributed by atoms with van der Waals surface area (Å²) in [6.07, 6.45) is 5.80. The number of carbonyl (C=O) groups is 1. The van der Waals surface area contributed by atoms with Crippen molar-refractivity contribution in [3.8, 4) is 23.8 Å². The SMILES string of the molecule is C#CCOc1ccc2c(=O)n(CC(C)(C)C)c(N(C)C(=O)O)c(OCCCC)c2c1. The zero-order valence-corrected chi connectivity index (χ0v) is 18.3. The maximum atomic E-state index is 13.4. The van der Waals surface area contributed by atoms with Crippen molar-refractivity contribution in [1.82, 2.24) is 4.57 Å². The Morgan fingerprint density at radius 3 is 2.53 bits per heavy atom. The molecule has 1 aromatic heterocycles. The highest BCUT2D eigenvalue weighted by Crippen LogP contribution is 2.37. The molecule has 2 aromatic rings. The molecule has 0 atom stereocenters. The lowest BCUT2D eigenvalue weighted by Crippen LogP contribution is -2.35. The molecule has 30 heavy (non-hydrogen) atoms. The normalized spacial score (nSPS) is 11.2. The topological polar surface area (TPSA) is 81.0 Å². The highest BCUT2D eigenvalue weighted by Gasteiger charge is 2.27. The van der Waals surface area contributed by atoms with E-state index < -0.39 is 6.09 Å². The van der Waals surface area contributed by atoms with Crippen LogP contribution in [0.1, 0.15) is 40.5 Å². The van der Waals surface area contributed by atoms with Crippen LogP contribution < -0.4 is 19.9 Å². The molecular weight excluding hydrogens is 384 g/mol. The molecule has 0 radical (unpaired) electrons. The Morgan fingerprint density at radius 1 is 1.27 bits per heavy atom. The summed E-state index contributed by atoms with van der Waals surface area (Å²) in [5, 5.41) is 10.6. The molecule has 0 aliphatic rings. The van der Waals surface area contributed by atoms with E-state index in [0.29, 0.717) is 35.4 Å². The summed E-state index contributed by atoms with van der Waals surface area (Å²) >= 11 is 0. The molecule has 2 rings (SSSR count). The molecule has 0 unspecified atom stereocenters. The standard InChI is InChI=1S/C23H30N2O5/c1-7-9-13-30-19-18-14-16(29-12-8-2)10-11-17(18)21(26)25(15-23(3,4)5)20(19)24(6)22(27)28/h2,10-11,14H,7,9,12-13,15H2,1,3-6H3,(H,27,28). The van der Waals surface area contributed by atoms with Crippen molar-refractivity contribution in [2.45, 2.75) is 47.1 Å². The average molecular weight is 415 g/mol. The van der Waals surface area contributed by atoms with Gasteiger partial charge in [-0.25, -0.2) is 4.79 Å². The molecule has 1 heterocycles. The Kier molecular flexibility index (Phi) is 7.38. The number of pyridine rings is 1. The second-order valence-corrected chi connectivity index (χ2v) is 8.35. The average Bonchev–Trinajstić information content (AvgIpc) is 2.68. The van der Waals surface area contributed by atoms with Gasteiger partial charge in [0.05, 0.1) is 12.0 Å². The summed E-state index contributed by atoms with van der Waals surface area (Å²) in [5.41, 5.74) is -0.545. The molecule has 1 amide bonds. The van der Waals surface area contributed by atoms with Gasteiger partial charge in [0, 0.05) is 19.0 Å². The van der Waals surface area contributed by atoms with Gasteiger partial charge in [0.25, 0.3) is 5.56 Å². The second kappa shape index (κ2) is 9.57. The van der Waals surface area contributed by atoms with E-state index in [1.54, 1.807) is 18.2 Å². The highest BCUT2D eigenvalue weighted by molar-refractivity contribution is 5.97. The van der Waals surface area contributed by atoms with Crippen LogP contribution in [-0.2, 0) is 6.54 Å². The number of amides is 1. The van der Waals surface area contributed by atoms with Gasteiger partial charge >= 0.3 is 6.09 Å². The van der Waals surface area contributed by atoms with Crippen molar-refractivity contribution in [1.29, 1.82) is 0 Å². The van der Waals surface area contributed by atoms with Crippen molar-refractivity contribution in [3.05, 3.63) is 28.6 Å². The van der Waals surface area contributed by atoms with E-state index >= 15 is 0 Å². The molecule has 1 aromatic carbocycles. The van der Waals surface area contributed by atoms with E-state index in [0.717, 1.165) is 17.7 Å². The van der Waals surface area contributed by atoms with Crippen LogP contribution in [0.15, 0.2) is 23.0 Å². The van der Waals surface area contributed by atoms with E-state index in [2.05, 4.69) is 5.92 Å². The number of aromatic nitrogens is 1. The quantitative estimate of drug-likeness (QED) is 0.513. The zero-order valence-electron chi connectivity index (χ0n) is 18.3. The fourth-order valence-electron chi connectivity index (χ4n) is 3.10. The first-order chi connectivity index (χ1) is 14.1. The minimum absolute atomic E-state index is 0.0838. The number of fused-ring (bicyclic) bond motifs is 1. The number of carboxylic acid groups (broad SMARTS) is 1. The van der Waals surface area contributed by atoms with Crippen molar-refractivity contribution in [2.24, 2.45) is 5.41 Å². The van der Waals surface area contributed by atoms with Crippen molar-refractivity contribution in [3.63, 3.8) is 0 Å². The summed E-state index contributed by atoms with van der Waals surface area (Å²) in [7, 11) is 1.41. The predicted molar refractivity (Wildman–Crippen MR) is 119 cm³/mol. The van der Waals surface area contributed by atoms with Crippen LogP contribution in [0, 0.1) is 17.8 Å². The predicted octanol–water partition coefficient (Wildman–Crippen LogP) is 4.35. The second-order valence-electron chi connectivity index (χ2n) is 8.35. The van der Waals surface area contributed by atoms with Gasteiger partial charge in [-0.05, 0) is 30.0 Å². The monoisotopic (exact) mass is 414 g/mol. The van der Waals surface area contributed by atoms with E-state index in [1.807, 2.05) is 27.7 Å². The van der Waals surface area contributed by atoms with Crippen LogP contribution in [-0.4, -0.2) is 36.0 Å². The number of hydrogen-bond donors (Lipinski definition) is 1. The number of ether oxygens (including phenoxy) is 2. The van der Waals surface area contributed by atoms with Crippen LogP contribution in [0.5, 0.6) is 11.5 Å². The number of nitrogens with zero attached hydrogens (tertiary/aromatic N) is 2. The molecular formula is C23H30N2O5. The third kappa shape index (κ3) is 5.26. The molecule has 0 spiro atoms. The summed E-state index contributed by atoms with van der Waals surface area (Å²) < 4.78 is 13.1. The third-order valence-corrected chi connectivity index (χ3v) is 4.47. The lowest BCUT2D eigenvalue weighted by Gasteiger charge is -2.28. The number of benzene rings is 1. The van der Waals surface area contributed by atoms with Crippen molar-refractivity contribution >= 4 is 22.7 Å². The lowest BCUT2D eigenvalue weighted by molar-refractivity contribution is 0.202. The number of anilines is 1. The molecule has 7 heteroatoms. The van der Waals surface area contributed by atoms with Crippen molar-refractivity contribution < 1.29 is 19.4 Å². The van der Waals surface area contributed by atoms with Gasteiger partial charge in [-0.2, -0.15) is 0 Å². The van der Waals surface area contributed by atoms with Crippen LogP contribution in [0.25, 0.3) is 10.8 Å². The fraction of sp³-hybridized carbons (Fsp3) is 0.478. The number of unbranched alkanes of at least 4 members (excludes halogenated alkanes) is 1. The third-order valence-electron chi connectivity index (χ3n) is 4.47. The van der Waals surface area contributed by atoms with E-state index in [1.165, 1.54) is 11.6 Å². The summed E-state index contributed by atoms with van der Waals surface area (Å²) in [5.74, 6) is 3.44. The number of terminal acetylenes is 1. The minimum Gasteiger partial charge on any atom is -0.489 e. The molecule has 0 bridgehead atoms. The van der Waals surface area contributed by atoms with Gasteiger partial charge in [0.1, 0.15) is 12.4 Å². The zero-order chi connectivity index (χ0) is 22.5. The molecule has 0 saturated heterocycles. The molecule has 0 aliphatic heterocycles. The van der Waals surface area contributed by atoms with E-state index in [-0.39, 0.29) is 23.4 Å². The fourth-order valence-corrected chi connectivity index (χ4v) is 3.10. The van der Waals surface area contributed by atoms with E-state index in [4.69, 9.17) is 15.9 Å². The Morgan fingerprint density at radius 2 is 1.97 bits per heavy atom. The molecule has 0 aliphatic carbocycles. The van der Waals surface area contributed by atoms with Gasteiger partial charge in [-0.3, -0.25) is 14.3 Å². The van der Waals surface area contributed by atoms with Crippen LogP contribution in [0.2, 0.25) is 0 Å². The van der Waals surface area contributed by atoms with Gasteiger partial charge < -0.3 is 14.6 Å². The number of hydrogen-bond acceptors (Lipinski definition) is 4.